The Labute approximate surface area is 151 Å². The predicted molar refractivity (Wildman–Crippen MR) is 97.7 cm³/mol. The number of nitrogens with one attached hydrogen (secondary N) is 1. The zero-order chi connectivity index (χ0) is 17.9. The number of ether oxygens (including phenoxy) is 1. The maximum Gasteiger partial charge on any atom is 0.273 e. The van der Waals surface area contributed by atoms with Gasteiger partial charge in [-0.15, -0.1) is 11.3 Å². The number of sulfonamides is 1. The lowest BCUT2D eigenvalue weighted by atomic mass is 10.2. The highest BCUT2D eigenvalue weighted by molar-refractivity contribution is 7.94. The minimum Gasteiger partial charge on any atom is -0.376 e. The van der Waals surface area contributed by atoms with E-state index in [2.05, 4.69) is 5.32 Å². The van der Waals surface area contributed by atoms with E-state index < -0.39 is 10.0 Å². The van der Waals surface area contributed by atoms with Gasteiger partial charge < -0.3 is 10.1 Å². The van der Waals surface area contributed by atoms with Crippen molar-refractivity contribution in [2.45, 2.75) is 23.2 Å². The molecule has 8 heteroatoms. The van der Waals surface area contributed by atoms with Gasteiger partial charge in [-0.3, -0.25) is 9.10 Å². The number of hydrogen-bond donors (Lipinski definition) is 1. The topological polar surface area (TPSA) is 75.7 Å². The third kappa shape index (κ3) is 4.02. The summed E-state index contributed by atoms with van der Waals surface area (Å²) >= 11 is 1.17. The third-order valence-electron chi connectivity index (χ3n) is 4.12. The van der Waals surface area contributed by atoms with Crippen LogP contribution in [0.4, 0.5) is 5.69 Å². The lowest BCUT2D eigenvalue weighted by Crippen LogP contribution is -2.31. The highest BCUT2D eigenvalue weighted by Crippen LogP contribution is 2.25. The molecule has 134 valence electrons. The number of nitrogens with zero attached hydrogens (tertiary/aromatic N) is 1. The van der Waals surface area contributed by atoms with Gasteiger partial charge in [0, 0.05) is 25.8 Å². The number of benzene rings is 1. The standard InChI is InChI=1S/C17H20N2O4S2/c1-19(25(21,22)16-5-3-11-24-16)14-8-6-13(7-9-14)17(20)18-12-15-4-2-10-23-15/h3,5-9,11,15H,2,4,10,12H2,1H3,(H,18,20)/t15-/m1/s1. The third-order valence-corrected chi connectivity index (χ3v) is 7.28. The molecule has 1 aliphatic heterocycles. The molecule has 0 unspecified atom stereocenters. The lowest BCUT2D eigenvalue weighted by molar-refractivity contribution is 0.0858. The van der Waals surface area contributed by atoms with Gasteiger partial charge in [0.2, 0.25) is 0 Å². The van der Waals surface area contributed by atoms with E-state index in [-0.39, 0.29) is 16.2 Å². The van der Waals surface area contributed by atoms with Gasteiger partial charge in [-0.25, -0.2) is 8.42 Å². The number of hydrogen-bond acceptors (Lipinski definition) is 5. The Morgan fingerprint density at radius 3 is 2.68 bits per heavy atom. The molecule has 0 saturated carbocycles. The van der Waals surface area contributed by atoms with E-state index >= 15 is 0 Å². The van der Waals surface area contributed by atoms with Gasteiger partial charge in [0.05, 0.1) is 11.8 Å². The normalized spacial score (nSPS) is 17.4. The summed E-state index contributed by atoms with van der Waals surface area (Å²) in [6.45, 7) is 1.24. The quantitative estimate of drug-likeness (QED) is 0.835. The summed E-state index contributed by atoms with van der Waals surface area (Å²) < 4.78 is 32.0. The van der Waals surface area contributed by atoms with Crippen molar-refractivity contribution in [1.82, 2.24) is 5.32 Å². The van der Waals surface area contributed by atoms with Gasteiger partial charge >= 0.3 is 0 Å². The van der Waals surface area contributed by atoms with Crippen LogP contribution in [0.15, 0.2) is 46.0 Å². The van der Waals surface area contributed by atoms with Gasteiger partial charge in [-0.1, -0.05) is 6.07 Å². The highest BCUT2D eigenvalue weighted by Gasteiger charge is 2.22. The van der Waals surface area contributed by atoms with E-state index in [9.17, 15) is 13.2 Å². The molecule has 1 fully saturated rings. The van der Waals surface area contributed by atoms with Crippen molar-refractivity contribution in [2.24, 2.45) is 0 Å². The van der Waals surface area contributed by atoms with Crippen LogP contribution in [-0.2, 0) is 14.8 Å². The highest BCUT2D eigenvalue weighted by atomic mass is 32.2. The molecule has 0 spiro atoms. The first kappa shape index (κ1) is 17.9. The summed E-state index contributed by atoms with van der Waals surface area (Å²) in [5.41, 5.74) is 0.993. The molecule has 6 nitrogen and oxygen atoms in total. The van der Waals surface area contributed by atoms with Crippen LogP contribution in [0.2, 0.25) is 0 Å². The molecule has 25 heavy (non-hydrogen) atoms. The van der Waals surface area contributed by atoms with Crippen molar-refractivity contribution in [3.8, 4) is 0 Å². The molecule has 3 rings (SSSR count). The maximum absolute atomic E-state index is 12.5. The van der Waals surface area contributed by atoms with E-state index in [1.807, 2.05) is 0 Å². The summed E-state index contributed by atoms with van der Waals surface area (Å²) in [7, 11) is -2.07. The Morgan fingerprint density at radius 1 is 1.32 bits per heavy atom. The average molecular weight is 380 g/mol. The number of anilines is 1. The first-order chi connectivity index (χ1) is 12.0. The van der Waals surface area contributed by atoms with Gasteiger partial charge in [-0.05, 0) is 48.6 Å². The molecule has 0 radical (unpaired) electrons. The van der Waals surface area contributed by atoms with E-state index in [1.54, 1.807) is 41.8 Å². The summed E-state index contributed by atoms with van der Waals surface area (Å²) in [5, 5.41) is 4.57. The maximum atomic E-state index is 12.5. The Morgan fingerprint density at radius 2 is 2.08 bits per heavy atom. The number of rotatable bonds is 6. The molecule has 1 aromatic carbocycles. The van der Waals surface area contributed by atoms with Crippen molar-refractivity contribution in [3.05, 3.63) is 47.3 Å². The fraction of sp³-hybridized carbons (Fsp3) is 0.353. The number of thiophene rings is 1. The lowest BCUT2D eigenvalue weighted by Gasteiger charge is -2.18. The van der Waals surface area contributed by atoms with Crippen LogP contribution < -0.4 is 9.62 Å². The second-order valence-corrected chi connectivity index (χ2v) is 8.94. The first-order valence-electron chi connectivity index (χ1n) is 8.01. The van der Waals surface area contributed by atoms with Crippen molar-refractivity contribution in [3.63, 3.8) is 0 Å². The zero-order valence-corrected chi connectivity index (χ0v) is 15.5. The van der Waals surface area contributed by atoms with Crippen LogP contribution in [0.5, 0.6) is 0 Å². The van der Waals surface area contributed by atoms with E-state index in [0.717, 1.165) is 19.4 Å². The van der Waals surface area contributed by atoms with E-state index in [4.69, 9.17) is 4.74 Å². The fourth-order valence-corrected chi connectivity index (χ4v) is 4.98. The van der Waals surface area contributed by atoms with E-state index in [0.29, 0.717) is 17.8 Å². The van der Waals surface area contributed by atoms with Crippen LogP contribution in [0.25, 0.3) is 0 Å². The van der Waals surface area contributed by atoms with Crippen molar-refractivity contribution < 1.29 is 17.9 Å². The van der Waals surface area contributed by atoms with Crippen LogP contribution in [-0.4, -0.2) is 40.6 Å². The molecular formula is C17H20N2O4S2. The van der Waals surface area contributed by atoms with Gasteiger partial charge in [0.15, 0.2) is 0 Å². The Hall–Kier alpha value is -1.90. The number of carbonyl (C=O) groups is 1. The van der Waals surface area contributed by atoms with Crippen LogP contribution in [0.1, 0.15) is 23.2 Å². The van der Waals surface area contributed by atoms with E-state index in [1.165, 1.54) is 22.7 Å². The van der Waals surface area contributed by atoms with Crippen LogP contribution >= 0.6 is 11.3 Å². The van der Waals surface area contributed by atoms with Gasteiger partial charge in [0.25, 0.3) is 15.9 Å². The second-order valence-electron chi connectivity index (χ2n) is 5.80. The largest absolute Gasteiger partial charge is 0.376 e. The molecule has 1 aromatic heterocycles. The zero-order valence-electron chi connectivity index (χ0n) is 13.8. The Balaban J connectivity index is 1.66. The van der Waals surface area contributed by atoms with Gasteiger partial charge in [0.1, 0.15) is 4.21 Å². The minimum atomic E-state index is -3.57. The second kappa shape index (κ2) is 7.55. The monoisotopic (exact) mass is 380 g/mol. The minimum absolute atomic E-state index is 0.0882. The molecule has 2 aromatic rings. The summed E-state index contributed by atoms with van der Waals surface area (Å²) in [5.74, 6) is -0.189. The first-order valence-corrected chi connectivity index (χ1v) is 10.3. The molecule has 1 saturated heterocycles. The molecule has 1 amide bonds. The summed E-state index contributed by atoms with van der Waals surface area (Å²) in [6.07, 6.45) is 2.08. The summed E-state index contributed by atoms with van der Waals surface area (Å²) in [6, 6.07) is 9.79. The number of carbonyl (C=O) groups excluding carboxylic acids is 1. The molecule has 2 heterocycles. The number of amides is 1. The molecule has 0 aliphatic carbocycles. The predicted octanol–water partition coefficient (Wildman–Crippen LogP) is 2.48. The Bertz CT molecular complexity index is 811. The average Bonchev–Trinajstić information content (AvgIpc) is 3.32. The van der Waals surface area contributed by atoms with Crippen molar-refractivity contribution in [2.75, 3.05) is 24.5 Å². The smallest absolute Gasteiger partial charge is 0.273 e. The van der Waals surface area contributed by atoms with Crippen molar-refractivity contribution in [1.29, 1.82) is 0 Å². The van der Waals surface area contributed by atoms with Gasteiger partial charge in [-0.2, -0.15) is 0 Å². The molecule has 1 N–H and O–H groups in total. The summed E-state index contributed by atoms with van der Waals surface area (Å²) in [4.78, 5) is 12.2. The molecule has 1 aliphatic rings. The van der Waals surface area contributed by atoms with Crippen molar-refractivity contribution >= 4 is 33.0 Å². The molecule has 1 atom stereocenters. The Kier molecular flexibility index (Phi) is 5.41. The SMILES string of the molecule is CN(c1ccc(C(=O)NC[C@H]2CCCO2)cc1)S(=O)(=O)c1cccs1. The van der Waals surface area contributed by atoms with Crippen LogP contribution in [0.3, 0.4) is 0 Å². The molecule has 0 bridgehead atoms. The fourth-order valence-electron chi connectivity index (χ4n) is 2.62. The van der Waals surface area contributed by atoms with Crippen LogP contribution in [0, 0.1) is 0 Å². The molecular weight excluding hydrogens is 360 g/mol.